The summed E-state index contributed by atoms with van der Waals surface area (Å²) >= 11 is 9.81. The van der Waals surface area contributed by atoms with Gasteiger partial charge in [0.2, 0.25) is 0 Å². The van der Waals surface area contributed by atoms with Gasteiger partial charge in [-0.15, -0.1) is 22.7 Å². The second kappa shape index (κ2) is 23.5. The summed E-state index contributed by atoms with van der Waals surface area (Å²) in [5.41, 5.74) is 14.6. The molecule has 18 rings (SSSR count). The fraction of sp³-hybridized carbons (Fsp3) is 0. The van der Waals surface area contributed by atoms with E-state index in [-0.39, 0.29) is 0 Å². The van der Waals surface area contributed by atoms with Gasteiger partial charge in [0.25, 0.3) is 0 Å². The second-order valence-electron chi connectivity index (χ2n) is 22.1. The highest BCUT2D eigenvalue weighted by Crippen LogP contribution is 2.43. The van der Waals surface area contributed by atoms with Gasteiger partial charge < -0.3 is 9.68 Å². The van der Waals surface area contributed by atoms with Crippen LogP contribution >= 0.6 is 34.3 Å². The van der Waals surface area contributed by atoms with E-state index >= 15 is 0 Å². The zero-order chi connectivity index (χ0) is 60.1. The number of nitrogens with zero attached hydrogens (tertiary/aromatic N) is 4. The Balaban J connectivity index is 0.000000117. The molecule has 423 valence electrons. The van der Waals surface area contributed by atoms with Crippen molar-refractivity contribution in [3.05, 3.63) is 296 Å². The summed E-state index contributed by atoms with van der Waals surface area (Å²) in [6.07, 6.45) is 3.75. The number of benzene rings is 14. The van der Waals surface area contributed by atoms with Crippen LogP contribution in [0, 0.1) is 0 Å². The van der Waals surface area contributed by atoms with Crippen LogP contribution in [-0.2, 0) is 0 Å². The van der Waals surface area contributed by atoms with Crippen LogP contribution in [-0.4, -0.2) is 32.6 Å². The lowest BCUT2D eigenvalue weighted by Gasteiger charge is -2.11. The third kappa shape index (κ3) is 10.0. The summed E-state index contributed by atoms with van der Waals surface area (Å²) in [5.74, 6) is 0.623. The molecule has 14 aromatic carbocycles. The fourth-order valence-electron chi connectivity index (χ4n) is 12.6. The van der Waals surface area contributed by atoms with Gasteiger partial charge in [-0.25, -0.2) is 9.97 Å². The molecular weight excluding hydrogens is 1160 g/mol. The van der Waals surface area contributed by atoms with Crippen molar-refractivity contribution in [2.75, 3.05) is 0 Å². The number of hydrogen-bond donors (Lipinski definition) is 1. The number of fused-ring (bicyclic) bond motifs is 18. The quantitative estimate of drug-likeness (QED) is 0.126. The van der Waals surface area contributed by atoms with Crippen LogP contribution in [0.5, 0.6) is 5.75 Å². The Bertz CT molecular complexity index is 5760. The number of aromatic nitrogens is 4. The molecule has 1 N–H and O–H groups in total. The summed E-state index contributed by atoms with van der Waals surface area (Å²) in [7, 11) is 0.707. The molecule has 6 nitrogen and oxygen atoms in total. The van der Waals surface area contributed by atoms with Gasteiger partial charge >= 0.3 is 7.69 Å². The van der Waals surface area contributed by atoms with Crippen LogP contribution in [0.15, 0.2) is 291 Å². The van der Waals surface area contributed by atoms with E-state index in [0.29, 0.717) is 18.5 Å². The second-order valence-corrected chi connectivity index (χ2v) is 24.6. The smallest absolute Gasteiger partial charge is 0.537 e. The van der Waals surface area contributed by atoms with Crippen LogP contribution in [0.3, 0.4) is 0 Å². The molecule has 0 saturated carbocycles. The van der Waals surface area contributed by atoms with Gasteiger partial charge in [0.15, 0.2) is 0 Å². The molecule has 0 atom stereocenters. The molecule has 0 bridgehead atoms. The summed E-state index contributed by atoms with van der Waals surface area (Å²) in [4.78, 5) is 19.9. The maximum absolute atomic E-state index is 8.80. The molecular formula is C80H49BClN4O2S2. The largest absolute Gasteiger partial charge is 0.569 e. The monoisotopic (exact) mass is 1210 g/mol. The lowest BCUT2D eigenvalue weighted by Crippen LogP contribution is -1.99. The number of thiophene rings is 2. The van der Waals surface area contributed by atoms with E-state index in [9.17, 15) is 0 Å². The fourth-order valence-corrected chi connectivity index (χ4v) is 15.3. The highest BCUT2D eigenvalue weighted by Gasteiger charge is 2.17. The normalized spacial score (nSPS) is 11.4. The van der Waals surface area contributed by atoms with Crippen molar-refractivity contribution < 1.29 is 9.68 Å². The Morgan fingerprint density at radius 2 is 0.667 bits per heavy atom. The van der Waals surface area contributed by atoms with Gasteiger partial charge in [-0.3, -0.25) is 9.97 Å². The van der Waals surface area contributed by atoms with E-state index in [4.69, 9.17) is 41.2 Å². The molecule has 0 aliphatic carbocycles. The molecule has 0 saturated heterocycles. The third-order valence-corrected chi connectivity index (χ3v) is 19.5. The molecule has 0 unspecified atom stereocenters. The van der Waals surface area contributed by atoms with Crippen molar-refractivity contribution in [1.82, 2.24) is 19.9 Å². The number of rotatable bonds is 7. The third-order valence-electron chi connectivity index (χ3n) is 16.8. The Hall–Kier alpha value is -10.6. The summed E-state index contributed by atoms with van der Waals surface area (Å²) in [6, 6.07) is 96.9. The van der Waals surface area contributed by atoms with Crippen LogP contribution in [0.2, 0.25) is 5.02 Å². The molecule has 0 aliphatic heterocycles. The van der Waals surface area contributed by atoms with Gasteiger partial charge in [0.1, 0.15) is 5.75 Å². The van der Waals surface area contributed by atoms with Crippen LogP contribution in [0.1, 0.15) is 0 Å². The van der Waals surface area contributed by atoms with Crippen LogP contribution < -0.4 is 4.65 Å². The molecule has 90 heavy (non-hydrogen) atoms. The molecule has 0 amide bonds. The first-order valence-corrected chi connectivity index (χ1v) is 31.6. The minimum Gasteiger partial charge on any atom is -0.537 e. The maximum atomic E-state index is 8.80. The maximum Gasteiger partial charge on any atom is 0.569 e. The van der Waals surface area contributed by atoms with E-state index in [2.05, 4.69) is 224 Å². The Labute approximate surface area is 531 Å². The highest BCUT2D eigenvalue weighted by atomic mass is 35.5. The van der Waals surface area contributed by atoms with Gasteiger partial charge in [-0.05, 0) is 103 Å². The van der Waals surface area contributed by atoms with E-state index in [0.717, 1.165) is 77.3 Å². The predicted molar refractivity (Wildman–Crippen MR) is 382 cm³/mol. The average Bonchev–Trinajstić information content (AvgIpc) is 1.14. The number of halogens is 1. The molecule has 4 heterocycles. The summed E-state index contributed by atoms with van der Waals surface area (Å²) in [5, 5.41) is 24.0. The van der Waals surface area contributed by atoms with Crippen LogP contribution in [0.4, 0.5) is 0 Å². The highest BCUT2D eigenvalue weighted by molar-refractivity contribution is 7.26. The van der Waals surface area contributed by atoms with E-state index < -0.39 is 0 Å². The van der Waals surface area contributed by atoms with Gasteiger partial charge in [-0.1, -0.05) is 242 Å². The minimum atomic E-state index is 0.623. The van der Waals surface area contributed by atoms with Gasteiger partial charge in [-0.2, -0.15) is 0 Å². The van der Waals surface area contributed by atoms with Crippen molar-refractivity contribution in [3.8, 4) is 61.6 Å². The zero-order valence-corrected chi connectivity index (χ0v) is 50.5. The zero-order valence-electron chi connectivity index (χ0n) is 48.1. The first kappa shape index (κ1) is 54.7. The summed E-state index contributed by atoms with van der Waals surface area (Å²) < 4.78 is 10.3. The van der Waals surface area contributed by atoms with Crippen molar-refractivity contribution in [3.63, 3.8) is 0 Å². The molecule has 18 aromatic rings. The van der Waals surface area contributed by atoms with Crippen molar-refractivity contribution in [2.24, 2.45) is 0 Å². The van der Waals surface area contributed by atoms with Gasteiger partial charge in [0, 0.05) is 78.0 Å². The lowest BCUT2D eigenvalue weighted by atomic mass is 9.96. The molecule has 10 heteroatoms. The summed E-state index contributed by atoms with van der Waals surface area (Å²) in [6.45, 7) is 0. The van der Waals surface area contributed by atoms with E-state index in [1.54, 1.807) is 11.3 Å². The van der Waals surface area contributed by atoms with Gasteiger partial charge in [0.05, 0.1) is 45.8 Å². The first-order valence-electron chi connectivity index (χ1n) is 29.6. The van der Waals surface area contributed by atoms with Crippen molar-refractivity contribution in [1.29, 1.82) is 0 Å². The predicted octanol–water partition coefficient (Wildman–Crippen LogP) is 22.2. The topological polar surface area (TPSA) is 81.0 Å². The Morgan fingerprint density at radius 1 is 0.311 bits per heavy atom. The molecule has 0 spiro atoms. The van der Waals surface area contributed by atoms with Crippen molar-refractivity contribution in [2.45, 2.75) is 0 Å². The average molecular weight is 1210 g/mol. The van der Waals surface area contributed by atoms with E-state index in [1.807, 2.05) is 78.3 Å². The van der Waals surface area contributed by atoms with Crippen LogP contribution in [0.25, 0.3) is 161 Å². The minimum absolute atomic E-state index is 0.623. The SMILES string of the molecule is Clc1cccc(-c2cnc3c4ccccc4c4ccccc4c3n2)c1.O[B]Oc1cccc(-c2cccc3c2sc2ccccc23)c1.c1cc(-c2cccc(-c3cccc4c3sc3ccccc34)c2)cc(-c2cnc3c4ccccc4c4ccccc4c3n2)c1. The molecule has 1 radical (unpaired) electrons. The number of hydrogen-bond acceptors (Lipinski definition) is 8. The first-order chi connectivity index (χ1) is 44.5. The molecule has 4 aromatic heterocycles. The Kier molecular flexibility index (Phi) is 14.3. The molecule has 0 fully saturated rings. The Morgan fingerprint density at radius 3 is 1.14 bits per heavy atom. The lowest BCUT2D eigenvalue weighted by molar-refractivity contribution is 0.454. The van der Waals surface area contributed by atoms with Crippen molar-refractivity contribution >= 4 is 147 Å². The molecule has 0 aliphatic rings. The van der Waals surface area contributed by atoms with E-state index in [1.165, 1.54) is 84.1 Å². The standard InChI is InChI=1S/C40H24N2S.C22H13ClN2.C18H12BO2S/c1-3-17-33-30(14-1)31-15-2-4-18-34(31)39-38(33)41-24-36(42-39)28-13-8-11-26(23-28)25-10-7-12-27(22-25)29-19-9-20-35-32-16-5-6-21-37(32)43-40(29)35;23-15-7-5-6-14(12-15)20-13-24-21-18-10-3-1-8-16(18)17-9-2-4-11-19(17)22(21)25-20;20-19-21-13-6-3-5-12(11-13)14-8-4-9-16-15-7-1-2-10-17(15)22-18(14)16/h1-24H;1-13H;1-11,20H.